The number of amides is 1. The van der Waals surface area contributed by atoms with Crippen molar-refractivity contribution in [2.45, 2.75) is 12.5 Å². The summed E-state index contributed by atoms with van der Waals surface area (Å²) in [7, 11) is -3.50. The van der Waals surface area contributed by atoms with Gasteiger partial charge in [-0.05, 0) is 29.8 Å². The summed E-state index contributed by atoms with van der Waals surface area (Å²) < 4.78 is 31.6. The number of carbonyl (C=O) groups excluding carboxylic acids is 1. The number of rotatable bonds is 5. The van der Waals surface area contributed by atoms with E-state index in [4.69, 9.17) is 16.3 Å². The van der Waals surface area contributed by atoms with E-state index in [1.807, 2.05) is 18.2 Å². The normalized spacial score (nSPS) is 15.1. The Labute approximate surface area is 157 Å². The van der Waals surface area contributed by atoms with Gasteiger partial charge in [-0.3, -0.25) is 4.79 Å². The predicted molar refractivity (Wildman–Crippen MR) is 101 cm³/mol. The number of halogens is 1. The highest BCUT2D eigenvalue weighted by Crippen LogP contribution is 2.32. The molecule has 138 valence electrons. The van der Waals surface area contributed by atoms with E-state index in [1.165, 1.54) is 0 Å². The number of para-hydroxylation sites is 2. The van der Waals surface area contributed by atoms with Crippen LogP contribution in [0.3, 0.4) is 0 Å². The number of hydrogen-bond acceptors (Lipinski definition) is 4. The highest BCUT2D eigenvalue weighted by molar-refractivity contribution is 7.88. The van der Waals surface area contributed by atoms with Gasteiger partial charge in [-0.15, -0.1) is 0 Å². The van der Waals surface area contributed by atoms with Gasteiger partial charge in [-0.25, -0.2) is 13.1 Å². The van der Waals surface area contributed by atoms with Crippen LogP contribution in [0.4, 0.5) is 5.69 Å². The van der Waals surface area contributed by atoms with E-state index in [0.29, 0.717) is 35.2 Å². The average molecular weight is 395 g/mol. The number of sulfonamides is 1. The monoisotopic (exact) mass is 394 g/mol. The van der Waals surface area contributed by atoms with E-state index in [2.05, 4.69) is 4.72 Å². The highest BCUT2D eigenvalue weighted by Gasteiger charge is 2.27. The molecule has 1 heterocycles. The van der Waals surface area contributed by atoms with E-state index in [1.54, 1.807) is 35.2 Å². The average Bonchev–Trinajstić information content (AvgIpc) is 2.60. The molecular formula is C18H19ClN2O4S. The highest BCUT2D eigenvalue weighted by atomic mass is 35.5. The molecule has 26 heavy (non-hydrogen) atoms. The second-order valence-electron chi connectivity index (χ2n) is 6.06. The molecule has 1 aliphatic heterocycles. The van der Waals surface area contributed by atoms with Crippen molar-refractivity contribution in [1.82, 2.24) is 4.72 Å². The maximum atomic E-state index is 12.9. The number of carbonyl (C=O) groups is 1. The van der Waals surface area contributed by atoms with Gasteiger partial charge in [0.25, 0.3) is 0 Å². The van der Waals surface area contributed by atoms with Crippen molar-refractivity contribution in [3.63, 3.8) is 0 Å². The Bertz CT molecular complexity index is 900. The number of ether oxygens (including phenoxy) is 1. The minimum atomic E-state index is -3.50. The lowest BCUT2D eigenvalue weighted by Gasteiger charge is -2.30. The molecule has 0 fully saturated rings. The Hall–Kier alpha value is -2.09. The first kappa shape index (κ1) is 18.7. The van der Waals surface area contributed by atoms with Gasteiger partial charge >= 0.3 is 0 Å². The SMILES string of the molecule is CS(=O)(=O)N[C@@H](CC(=O)N1CCOc2ccccc21)c1ccc(Cl)cc1. The Morgan fingerprint density at radius 1 is 1.23 bits per heavy atom. The van der Waals surface area contributed by atoms with Gasteiger partial charge in [-0.1, -0.05) is 35.9 Å². The maximum absolute atomic E-state index is 12.9. The summed E-state index contributed by atoms with van der Waals surface area (Å²) in [5.41, 5.74) is 1.37. The van der Waals surface area contributed by atoms with Crippen LogP contribution in [-0.2, 0) is 14.8 Å². The third-order valence-electron chi connectivity index (χ3n) is 4.04. The smallest absolute Gasteiger partial charge is 0.229 e. The summed E-state index contributed by atoms with van der Waals surface area (Å²) in [6.07, 6.45) is 1.06. The lowest BCUT2D eigenvalue weighted by atomic mass is 10.0. The molecule has 0 spiro atoms. The summed E-state index contributed by atoms with van der Waals surface area (Å²) in [6.45, 7) is 0.815. The molecule has 0 aliphatic carbocycles. The van der Waals surface area contributed by atoms with Crippen molar-refractivity contribution in [3.05, 3.63) is 59.1 Å². The predicted octanol–water partition coefficient (Wildman–Crippen LogP) is 2.75. The van der Waals surface area contributed by atoms with Gasteiger partial charge in [0.1, 0.15) is 12.4 Å². The molecule has 0 radical (unpaired) electrons. The Kier molecular flexibility index (Phi) is 5.50. The Morgan fingerprint density at radius 2 is 1.92 bits per heavy atom. The van der Waals surface area contributed by atoms with Crippen molar-refractivity contribution in [1.29, 1.82) is 0 Å². The molecule has 0 bridgehead atoms. The Balaban J connectivity index is 1.85. The van der Waals surface area contributed by atoms with Crippen LogP contribution in [0.25, 0.3) is 0 Å². The summed E-state index contributed by atoms with van der Waals surface area (Å²) in [5.74, 6) is 0.461. The lowest BCUT2D eigenvalue weighted by Crippen LogP contribution is -2.40. The molecule has 2 aromatic rings. The van der Waals surface area contributed by atoms with Gasteiger partial charge in [0.05, 0.1) is 24.5 Å². The summed E-state index contributed by atoms with van der Waals surface area (Å²) in [4.78, 5) is 14.5. The lowest BCUT2D eigenvalue weighted by molar-refractivity contribution is -0.119. The first-order valence-corrected chi connectivity index (χ1v) is 10.4. The molecule has 1 aliphatic rings. The number of nitrogens with zero attached hydrogens (tertiary/aromatic N) is 1. The second kappa shape index (κ2) is 7.65. The van der Waals surface area contributed by atoms with Crippen LogP contribution in [0.2, 0.25) is 5.02 Å². The zero-order valence-electron chi connectivity index (χ0n) is 14.2. The van der Waals surface area contributed by atoms with Crippen molar-refractivity contribution < 1.29 is 17.9 Å². The number of hydrogen-bond donors (Lipinski definition) is 1. The van der Waals surface area contributed by atoms with E-state index in [-0.39, 0.29) is 12.3 Å². The molecule has 8 heteroatoms. The van der Waals surface area contributed by atoms with Crippen molar-refractivity contribution in [2.75, 3.05) is 24.3 Å². The van der Waals surface area contributed by atoms with Gasteiger partial charge in [0, 0.05) is 11.4 Å². The van der Waals surface area contributed by atoms with E-state index in [0.717, 1.165) is 6.26 Å². The number of benzene rings is 2. The fraction of sp³-hybridized carbons (Fsp3) is 0.278. The third kappa shape index (κ3) is 4.55. The molecule has 0 unspecified atom stereocenters. The molecule has 0 saturated heterocycles. The van der Waals surface area contributed by atoms with Gasteiger partial charge in [0.15, 0.2) is 0 Å². The first-order valence-electron chi connectivity index (χ1n) is 8.08. The quantitative estimate of drug-likeness (QED) is 0.846. The van der Waals surface area contributed by atoms with Crippen LogP contribution < -0.4 is 14.4 Å². The third-order valence-corrected chi connectivity index (χ3v) is 5.00. The maximum Gasteiger partial charge on any atom is 0.229 e. The van der Waals surface area contributed by atoms with Crippen molar-refractivity contribution in [2.24, 2.45) is 0 Å². The zero-order chi connectivity index (χ0) is 18.7. The summed E-state index contributed by atoms with van der Waals surface area (Å²) in [5, 5.41) is 0.542. The standard InChI is InChI=1S/C18H19ClN2O4S/c1-26(23,24)20-15(13-6-8-14(19)9-7-13)12-18(22)21-10-11-25-17-5-3-2-4-16(17)21/h2-9,15,20H,10-12H2,1H3/t15-/m0/s1. The van der Waals surface area contributed by atoms with Crippen LogP contribution in [0.15, 0.2) is 48.5 Å². The fourth-order valence-corrected chi connectivity index (χ4v) is 3.76. The molecule has 1 atom stereocenters. The molecule has 1 amide bonds. The van der Waals surface area contributed by atoms with E-state index < -0.39 is 16.1 Å². The molecule has 6 nitrogen and oxygen atoms in total. The van der Waals surface area contributed by atoms with Crippen LogP contribution in [-0.4, -0.2) is 33.7 Å². The van der Waals surface area contributed by atoms with Crippen LogP contribution in [0.1, 0.15) is 18.0 Å². The second-order valence-corrected chi connectivity index (χ2v) is 8.28. The number of nitrogens with one attached hydrogen (secondary N) is 1. The minimum Gasteiger partial charge on any atom is -0.490 e. The van der Waals surface area contributed by atoms with Gasteiger partial charge in [0.2, 0.25) is 15.9 Å². The van der Waals surface area contributed by atoms with E-state index >= 15 is 0 Å². The van der Waals surface area contributed by atoms with Crippen molar-refractivity contribution >= 4 is 33.2 Å². The summed E-state index contributed by atoms with van der Waals surface area (Å²) >= 11 is 5.91. The number of anilines is 1. The molecule has 3 rings (SSSR count). The topological polar surface area (TPSA) is 75.7 Å². The minimum absolute atomic E-state index is 0.0109. The van der Waals surface area contributed by atoms with E-state index in [9.17, 15) is 13.2 Å². The molecule has 1 N–H and O–H groups in total. The Morgan fingerprint density at radius 3 is 2.62 bits per heavy atom. The zero-order valence-corrected chi connectivity index (χ0v) is 15.8. The summed E-state index contributed by atoms with van der Waals surface area (Å²) in [6, 6.07) is 13.4. The number of fused-ring (bicyclic) bond motifs is 1. The first-order chi connectivity index (χ1) is 12.3. The molecule has 2 aromatic carbocycles. The van der Waals surface area contributed by atoms with Gasteiger partial charge < -0.3 is 9.64 Å². The molecule has 0 aromatic heterocycles. The largest absolute Gasteiger partial charge is 0.490 e. The molecular weight excluding hydrogens is 376 g/mol. The molecule has 0 saturated carbocycles. The fourth-order valence-electron chi connectivity index (χ4n) is 2.89. The van der Waals surface area contributed by atoms with Crippen molar-refractivity contribution in [3.8, 4) is 5.75 Å². The van der Waals surface area contributed by atoms with Crippen LogP contribution in [0, 0.1) is 0 Å². The van der Waals surface area contributed by atoms with Crippen LogP contribution >= 0.6 is 11.6 Å². The van der Waals surface area contributed by atoms with Crippen LogP contribution in [0.5, 0.6) is 5.75 Å². The van der Waals surface area contributed by atoms with Gasteiger partial charge in [-0.2, -0.15) is 0 Å².